The van der Waals surface area contributed by atoms with E-state index in [2.05, 4.69) is 51.3 Å². The van der Waals surface area contributed by atoms with Gasteiger partial charge in [-0.15, -0.1) is 0 Å². The summed E-state index contributed by atoms with van der Waals surface area (Å²) in [6, 6.07) is 8.92. The third-order valence-electron chi connectivity index (χ3n) is 5.34. The van der Waals surface area contributed by atoms with Crippen LogP contribution in [0.2, 0.25) is 0 Å². The van der Waals surface area contributed by atoms with Gasteiger partial charge in [-0.05, 0) is 30.9 Å². The average molecular weight is 375 g/mol. The number of ether oxygens (including phenoxy) is 2. The van der Waals surface area contributed by atoms with Crippen LogP contribution in [0.3, 0.4) is 0 Å². The van der Waals surface area contributed by atoms with Gasteiger partial charge in [0, 0.05) is 52.9 Å². The van der Waals surface area contributed by atoms with Gasteiger partial charge in [-0.3, -0.25) is 9.89 Å². The molecule has 0 aliphatic carbocycles. The third-order valence-corrected chi connectivity index (χ3v) is 5.34. The van der Waals surface area contributed by atoms with E-state index >= 15 is 0 Å². The maximum Gasteiger partial charge on any atom is 0.193 e. The summed E-state index contributed by atoms with van der Waals surface area (Å²) in [5.74, 6) is 0.988. The van der Waals surface area contributed by atoms with E-state index in [0.29, 0.717) is 6.10 Å². The molecule has 6 heteroatoms. The number of rotatable bonds is 6. The number of aliphatic imine (C=N–C) groups is 1. The number of hydrogen-bond donors (Lipinski definition) is 1. The maximum atomic E-state index is 5.74. The zero-order chi connectivity index (χ0) is 18.9. The van der Waals surface area contributed by atoms with Crippen molar-refractivity contribution >= 4 is 5.96 Å². The Hall–Kier alpha value is -1.63. The predicted octanol–water partition coefficient (Wildman–Crippen LogP) is 2.10. The monoisotopic (exact) mass is 374 g/mol. The van der Waals surface area contributed by atoms with Crippen molar-refractivity contribution in [2.45, 2.75) is 39.0 Å². The van der Waals surface area contributed by atoms with Gasteiger partial charge >= 0.3 is 0 Å². The number of benzene rings is 1. The van der Waals surface area contributed by atoms with Crippen LogP contribution in [0.5, 0.6) is 0 Å². The fraction of sp³-hybridized carbons (Fsp3) is 0.667. The van der Waals surface area contributed by atoms with Gasteiger partial charge in [-0.2, -0.15) is 0 Å². The lowest BCUT2D eigenvalue weighted by molar-refractivity contribution is 0.0263. The SMILES string of the molecule is CCOC1CCN(C(=NC)NCc2ccc(CN3CCOCC3)cc2)CC1. The summed E-state index contributed by atoms with van der Waals surface area (Å²) < 4.78 is 11.2. The second-order valence-corrected chi connectivity index (χ2v) is 7.25. The summed E-state index contributed by atoms with van der Waals surface area (Å²) in [4.78, 5) is 9.25. The fourth-order valence-electron chi connectivity index (χ4n) is 3.76. The Morgan fingerprint density at radius 2 is 1.78 bits per heavy atom. The van der Waals surface area contributed by atoms with Crippen LogP contribution in [0.25, 0.3) is 0 Å². The van der Waals surface area contributed by atoms with Crippen LogP contribution in [0.15, 0.2) is 29.3 Å². The molecule has 0 saturated carbocycles. The van der Waals surface area contributed by atoms with Gasteiger partial charge in [0.2, 0.25) is 0 Å². The fourth-order valence-corrected chi connectivity index (χ4v) is 3.76. The van der Waals surface area contributed by atoms with Gasteiger partial charge in [0.15, 0.2) is 5.96 Å². The number of likely N-dealkylation sites (tertiary alicyclic amines) is 1. The molecule has 150 valence electrons. The molecular formula is C21H34N4O2. The highest BCUT2D eigenvalue weighted by Gasteiger charge is 2.21. The number of guanidine groups is 1. The van der Waals surface area contributed by atoms with Gasteiger partial charge in [0.1, 0.15) is 0 Å². The molecule has 3 rings (SSSR count). The van der Waals surface area contributed by atoms with Crippen molar-refractivity contribution in [1.82, 2.24) is 15.1 Å². The van der Waals surface area contributed by atoms with Crippen molar-refractivity contribution in [3.8, 4) is 0 Å². The van der Waals surface area contributed by atoms with Crippen LogP contribution in [0, 0.1) is 0 Å². The molecule has 0 bridgehead atoms. The quantitative estimate of drug-likeness (QED) is 0.610. The highest BCUT2D eigenvalue weighted by atomic mass is 16.5. The second-order valence-electron chi connectivity index (χ2n) is 7.25. The molecule has 1 aromatic carbocycles. The first kappa shape index (κ1) is 20.1. The average Bonchev–Trinajstić information content (AvgIpc) is 2.72. The first-order valence-corrected chi connectivity index (χ1v) is 10.2. The van der Waals surface area contributed by atoms with Gasteiger partial charge in [0.25, 0.3) is 0 Å². The Bertz CT molecular complexity index is 576. The molecule has 2 saturated heterocycles. The van der Waals surface area contributed by atoms with Crippen molar-refractivity contribution in [3.63, 3.8) is 0 Å². The van der Waals surface area contributed by atoms with E-state index in [9.17, 15) is 0 Å². The Morgan fingerprint density at radius 1 is 1.11 bits per heavy atom. The molecule has 2 aliphatic rings. The summed E-state index contributed by atoms with van der Waals surface area (Å²) in [5.41, 5.74) is 2.65. The van der Waals surface area contributed by atoms with Crippen molar-refractivity contribution in [1.29, 1.82) is 0 Å². The standard InChI is InChI=1S/C21H34N4O2/c1-3-27-20-8-10-25(11-9-20)21(22-2)23-16-18-4-6-19(7-5-18)17-24-12-14-26-15-13-24/h4-7,20H,3,8-17H2,1-2H3,(H,22,23). The summed E-state index contributed by atoms with van der Waals surface area (Å²) in [7, 11) is 1.86. The Balaban J connectivity index is 1.44. The number of nitrogens with one attached hydrogen (secondary N) is 1. The molecule has 27 heavy (non-hydrogen) atoms. The van der Waals surface area contributed by atoms with Crippen molar-refractivity contribution in [2.75, 3.05) is 53.0 Å². The van der Waals surface area contributed by atoms with E-state index in [1.165, 1.54) is 11.1 Å². The number of piperidine rings is 1. The van der Waals surface area contributed by atoms with E-state index in [1.54, 1.807) is 0 Å². The molecule has 1 N–H and O–H groups in total. The molecule has 6 nitrogen and oxygen atoms in total. The molecule has 1 aromatic rings. The van der Waals surface area contributed by atoms with Crippen LogP contribution in [-0.4, -0.2) is 74.9 Å². The third kappa shape index (κ3) is 6.19. The molecule has 2 fully saturated rings. The van der Waals surface area contributed by atoms with E-state index in [-0.39, 0.29) is 0 Å². The normalized spacial score (nSPS) is 20.1. The number of nitrogens with zero attached hydrogens (tertiary/aromatic N) is 3. The topological polar surface area (TPSA) is 49.3 Å². The molecule has 2 heterocycles. The van der Waals surface area contributed by atoms with Crippen molar-refractivity contribution < 1.29 is 9.47 Å². The Labute approximate surface area is 163 Å². The lowest BCUT2D eigenvalue weighted by atomic mass is 10.1. The van der Waals surface area contributed by atoms with E-state index in [1.807, 2.05) is 7.05 Å². The number of morpholine rings is 1. The van der Waals surface area contributed by atoms with Crippen molar-refractivity contribution in [3.05, 3.63) is 35.4 Å². The highest BCUT2D eigenvalue weighted by Crippen LogP contribution is 2.14. The van der Waals surface area contributed by atoms with E-state index in [4.69, 9.17) is 9.47 Å². The van der Waals surface area contributed by atoms with Gasteiger partial charge in [-0.1, -0.05) is 24.3 Å². The Kier molecular flexibility index (Phi) is 7.93. The summed E-state index contributed by atoms with van der Waals surface area (Å²) in [6.07, 6.45) is 2.55. The van der Waals surface area contributed by atoms with Crippen LogP contribution >= 0.6 is 0 Å². The molecule has 0 aromatic heterocycles. The van der Waals surface area contributed by atoms with Crippen molar-refractivity contribution in [2.24, 2.45) is 4.99 Å². The zero-order valence-corrected chi connectivity index (χ0v) is 16.8. The summed E-state index contributed by atoms with van der Waals surface area (Å²) in [5, 5.41) is 3.51. The minimum Gasteiger partial charge on any atom is -0.379 e. The minimum absolute atomic E-state index is 0.406. The Morgan fingerprint density at radius 3 is 2.41 bits per heavy atom. The second kappa shape index (κ2) is 10.6. The number of hydrogen-bond acceptors (Lipinski definition) is 4. The molecule has 2 aliphatic heterocycles. The molecule has 0 amide bonds. The predicted molar refractivity (Wildman–Crippen MR) is 109 cm³/mol. The largest absolute Gasteiger partial charge is 0.379 e. The van der Waals surface area contributed by atoms with Crippen LogP contribution < -0.4 is 5.32 Å². The summed E-state index contributed by atoms with van der Waals surface area (Å²) in [6.45, 7) is 10.4. The molecule has 0 atom stereocenters. The first-order valence-electron chi connectivity index (χ1n) is 10.2. The molecule has 0 radical (unpaired) electrons. The first-order chi connectivity index (χ1) is 13.3. The smallest absolute Gasteiger partial charge is 0.193 e. The lowest BCUT2D eigenvalue weighted by Gasteiger charge is -2.34. The zero-order valence-electron chi connectivity index (χ0n) is 16.8. The maximum absolute atomic E-state index is 5.74. The van der Waals surface area contributed by atoms with Gasteiger partial charge in [-0.25, -0.2) is 0 Å². The lowest BCUT2D eigenvalue weighted by Crippen LogP contribution is -2.46. The van der Waals surface area contributed by atoms with Crippen LogP contribution in [-0.2, 0) is 22.6 Å². The highest BCUT2D eigenvalue weighted by molar-refractivity contribution is 5.79. The van der Waals surface area contributed by atoms with E-state index < -0.39 is 0 Å². The molecular weight excluding hydrogens is 340 g/mol. The van der Waals surface area contributed by atoms with Gasteiger partial charge in [0.05, 0.1) is 19.3 Å². The van der Waals surface area contributed by atoms with Crippen LogP contribution in [0.4, 0.5) is 0 Å². The van der Waals surface area contributed by atoms with Gasteiger partial charge < -0.3 is 19.7 Å². The van der Waals surface area contributed by atoms with Crippen LogP contribution in [0.1, 0.15) is 30.9 Å². The summed E-state index contributed by atoms with van der Waals surface area (Å²) >= 11 is 0. The minimum atomic E-state index is 0.406. The van der Waals surface area contributed by atoms with E-state index in [0.717, 1.165) is 77.9 Å². The molecule has 0 spiro atoms. The molecule has 0 unspecified atom stereocenters.